The average Bonchev–Trinajstić information content (AvgIpc) is 3.31. The van der Waals surface area contributed by atoms with E-state index < -0.39 is 5.88 Å². The maximum atomic E-state index is 14.0. The van der Waals surface area contributed by atoms with Gasteiger partial charge in [-0.15, -0.1) is 0 Å². The number of aromatic nitrogens is 2. The van der Waals surface area contributed by atoms with E-state index in [-0.39, 0.29) is 23.1 Å². The Morgan fingerprint density at radius 2 is 1.52 bits per heavy atom. The van der Waals surface area contributed by atoms with Crippen molar-refractivity contribution in [1.82, 2.24) is 9.47 Å². The molecule has 33 heavy (non-hydrogen) atoms. The number of nitrogens with zero attached hydrogens (tertiary/aromatic N) is 3. The van der Waals surface area contributed by atoms with Crippen LogP contribution in [-0.4, -0.2) is 21.9 Å². The van der Waals surface area contributed by atoms with Gasteiger partial charge in [0.2, 0.25) is 0 Å². The molecule has 0 saturated carbocycles. The van der Waals surface area contributed by atoms with Gasteiger partial charge in [0.15, 0.2) is 0 Å². The quantitative estimate of drug-likeness (QED) is 0.454. The van der Waals surface area contributed by atoms with Gasteiger partial charge < -0.3 is 10.0 Å². The molecule has 6 heteroatoms. The average molecular weight is 435 g/mol. The Kier molecular flexibility index (Phi) is 4.40. The normalized spacial score (nSPS) is 16.7. The second kappa shape index (κ2) is 7.45. The lowest BCUT2D eigenvalue weighted by Gasteiger charge is -2.24. The summed E-state index contributed by atoms with van der Waals surface area (Å²) in [4.78, 5) is 29.3. The van der Waals surface area contributed by atoms with Gasteiger partial charge in [-0.2, -0.15) is 4.57 Å². The zero-order valence-corrected chi connectivity index (χ0v) is 17.8. The molecule has 1 amide bonds. The molecule has 3 heterocycles. The fourth-order valence-electron chi connectivity index (χ4n) is 5.11. The summed E-state index contributed by atoms with van der Waals surface area (Å²) in [5.41, 5.74) is 1.94. The van der Waals surface area contributed by atoms with Crippen LogP contribution in [0.2, 0.25) is 0 Å². The fraction of sp³-hybridized carbons (Fsp3) is 0.148. The Balaban J connectivity index is 1.82. The van der Waals surface area contributed by atoms with E-state index in [4.69, 9.17) is 0 Å². The number of amides is 1. The van der Waals surface area contributed by atoms with Gasteiger partial charge in [0.25, 0.3) is 11.7 Å². The van der Waals surface area contributed by atoms with Gasteiger partial charge >= 0.3 is 5.56 Å². The van der Waals surface area contributed by atoms with Crippen LogP contribution in [0.15, 0.2) is 89.7 Å². The summed E-state index contributed by atoms with van der Waals surface area (Å²) < 4.78 is 3.22. The van der Waals surface area contributed by atoms with Crippen LogP contribution in [0.4, 0.5) is 0 Å². The molecule has 0 aliphatic carbocycles. The van der Waals surface area contributed by atoms with Crippen LogP contribution in [0.3, 0.4) is 0 Å². The number of carbonyl (C=O) groups excluding carboxylic acids is 1. The third kappa shape index (κ3) is 2.84. The van der Waals surface area contributed by atoms with Crippen LogP contribution in [0.1, 0.15) is 35.1 Å². The van der Waals surface area contributed by atoms with Gasteiger partial charge in [-0.05, 0) is 42.7 Å². The molecule has 0 radical (unpaired) electrons. The summed E-state index contributed by atoms with van der Waals surface area (Å²) in [7, 11) is 0. The van der Waals surface area contributed by atoms with Crippen molar-refractivity contribution in [2.24, 2.45) is 0 Å². The molecule has 6 nitrogen and oxygen atoms in total. The first-order valence-corrected chi connectivity index (χ1v) is 11.1. The number of carbonyl (C=O) groups is 1. The van der Waals surface area contributed by atoms with E-state index >= 15 is 0 Å². The Bertz CT molecular complexity index is 1450. The highest BCUT2D eigenvalue weighted by molar-refractivity contribution is 5.97. The number of para-hydroxylation sites is 2. The summed E-state index contributed by atoms with van der Waals surface area (Å²) >= 11 is 0. The van der Waals surface area contributed by atoms with Crippen molar-refractivity contribution >= 4 is 5.91 Å². The monoisotopic (exact) mass is 435 g/mol. The molecular formula is C27H21N3O3. The van der Waals surface area contributed by atoms with E-state index in [0.717, 1.165) is 6.42 Å². The van der Waals surface area contributed by atoms with Crippen LogP contribution in [0.5, 0.6) is 5.88 Å². The van der Waals surface area contributed by atoms with E-state index in [0.29, 0.717) is 41.3 Å². The molecule has 1 unspecified atom stereocenters. The molecule has 1 fully saturated rings. The standard InChI is InChI=1S/C27H21N3O3/c31-25-20-14-7-8-15-21(20)30-24(22-16-9-17-28(22)25)29(19-12-5-2-6-13-19)26(32)23(27(30)33)18-10-3-1-4-11-18/h1-8,10-15,22H,9,16-17H2. The van der Waals surface area contributed by atoms with Gasteiger partial charge in [-0.25, -0.2) is 9.36 Å². The molecule has 4 aromatic rings. The molecule has 0 spiro atoms. The van der Waals surface area contributed by atoms with Crippen LogP contribution < -0.4 is 15.2 Å². The summed E-state index contributed by atoms with van der Waals surface area (Å²) in [6, 6.07) is 25.2. The first-order valence-electron chi connectivity index (χ1n) is 11.1. The first-order chi connectivity index (χ1) is 16.2. The molecule has 162 valence electrons. The first kappa shape index (κ1) is 19.5. The Morgan fingerprint density at radius 1 is 0.848 bits per heavy atom. The SMILES string of the molecule is O=C1c2ccccc2-[n+]2c([O-])c(-c3ccccc3)c(=O)n(-c3ccccc3)c2C2CCCN12. The molecule has 0 N–H and O–H groups in total. The molecule has 6 rings (SSSR count). The van der Waals surface area contributed by atoms with E-state index in [1.54, 1.807) is 38.3 Å². The maximum Gasteiger partial charge on any atom is 0.349 e. The lowest BCUT2D eigenvalue weighted by Crippen LogP contribution is -2.48. The summed E-state index contributed by atoms with van der Waals surface area (Å²) in [5.74, 6) is 0.0265. The van der Waals surface area contributed by atoms with Crippen molar-refractivity contribution < 1.29 is 14.5 Å². The second-order valence-corrected chi connectivity index (χ2v) is 8.39. The molecule has 1 atom stereocenters. The highest BCUT2D eigenvalue weighted by Crippen LogP contribution is 2.37. The lowest BCUT2D eigenvalue weighted by molar-refractivity contribution is -0.662. The molecule has 1 saturated heterocycles. The van der Waals surface area contributed by atoms with Gasteiger partial charge in [-0.1, -0.05) is 60.7 Å². The predicted molar refractivity (Wildman–Crippen MR) is 121 cm³/mol. The highest BCUT2D eigenvalue weighted by atomic mass is 16.3. The van der Waals surface area contributed by atoms with Gasteiger partial charge in [-0.3, -0.25) is 4.79 Å². The zero-order valence-electron chi connectivity index (χ0n) is 17.8. The van der Waals surface area contributed by atoms with Crippen LogP contribution in [-0.2, 0) is 0 Å². The minimum Gasteiger partial charge on any atom is -0.841 e. The van der Waals surface area contributed by atoms with Gasteiger partial charge in [0.05, 0.1) is 11.4 Å². The highest BCUT2D eigenvalue weighted by Gasteiger charge is 2.44. The molecule has 1 aromatic heterocycles. The molecule has 2 aliphatic rings. The minimum atomic E-state index is -0.401. The van der Waals surface area contributed by atoms with Crippen molar-refractivity contribution in [2.75, 3.05) is 6.54 Å². The molecule has 3 aromatic carbocycles. The molecule has 0 bridgehead atoms. The van der Waals surface area contributed by atoms with E-state index in [2.05, 4.69) is 0 Å². The van der Waals surface area contributed by atoms with E-state index in [9.17, 15) is 14.7 Å². The molecular weight excluding hydrogens is 414 g/mol. The topological polar surface area (TPSA) is 69.2 Å². The minimum absolute atomic E-state index is 0.0944. The zero-order chi connectivity index (χ0) is 22.5. The summed E-state index contributed by atoms with van der Waals surface area (Å²) in [6.07, 6.45) is 1.51. The van der Waals surface area contributed by atoms with Crippen molar-refractivity contribution in [2.45, 2.75) is 18.9 Å². The van der Waals surface area contributed by atoms with E-state index in [1.165, 1.54) is 0 Å². The van der Waals surface area contributed by atoms with Crippen LogP contribution in [0.25, 0.3) is 22.5 Å². The Morgan fingerprint density at radius 3 is 2.27 bits per heavy atom. The number of hydrogen-bond donors (Lipinski definition) is 0. The summed E-state index contributed by atoms with van der Waals surface area (Å²) in [5, 5.41) is 14.0. The second-order valence-electron chi connectivity index (χ2n) is 8.39. The van der Waals surface area contributed by atoms with E-state index in [1.807, 2.05) is 60.7 Å². The fourth-order valence-corrected chi connectivity index (χ4v) is 5.11. The Hall–Kier alpha value is -4.19. The third-order valence-electron chi connectivity index (χ3n) is 6.56. The smallest absolute Gasteiger partial charge is 0.349 e. The van der Waals surface area contributed by atoms with Crippen LogP contribution in [0, 0.1) is 0 Å². The predicted octanol–water partition coefficient (Wildman–Crippen LogP) is 3.15. The number of rotatable bonds is 2. The van der Waals surface area contributed by atoms with Gasteiger partial charge in [0.1, 0.15) is 23.0 Å². The number of hydrogen-bond acceptors (Lipinski definition) is 3. The summed E-state index contributed by atoms with van der Waals surface area (Å²) in [6.45, 7) is 0.593. The van der Waals surface area contributed by atoms with Gasteiger partial charge in [0, 0.05) is 6.54 Å². The number of fused-ring (bicyclic) bond motifs is 5. The largest absolute Gasteiger partial charge is 0.841 e. The lowest BCUT2D eigenvalue weighted by atomic mass is 10.1. The number of benzene rings is 3. The van der Waals surface area contributed by atoms with Crippen molar-refractivity contribution in [1.29, 1.82) is 0 Å². The Labute approximate surface area is 190 Å². The molecule has 2 aliphatic heterocycles. The van der Waals surface area contributed by atoms with Crippen molar-refractivity contribution in [3.8, 4) is 28.4 Å². The third-order valence-corrected chi connectivity index (χ3v) is 6.56. The van der Waals surface area contributed by atoms with Crippen molar-refractivity contribution in [3.63, 3.8) is 0 Å². The maximum absolute atomic E-state index is 14.0. The van der Waals surface area contributed by atoms with Crippen LogP contribution >= 0.6 is 0 Å². The van der Waals surface area contributed by atoms with Crippen molar-refractivity contribution in [3.05, 3.63) is 107 Å².